The van der Waals surface area contributed by atoms with E-state index in [0.717, 1.165) is 12.8 Å². The molecule has 1 aromatic rings. The summed E-state index contributed by atoms with van der Waals surface area (Å²) in [5.41, 5.74) is 0.371. The number of rotatable bonds is 4. The summed E-state index contributed by atoms with van der Waals surface area (Å²) in [5, 5.41) is 11.8. The zero-order valence-corrected chi connectivity index (χ0v) is 9.79. The number of carbonyl (C=O) groups is 1. The highest BCUT2D eigenvalue weighted by Crippen LogP contribution is 2.44. The number of benzene rings is 1. The minimum Gasteiger partial charge on any atom is -0.396 e. The number of hydrogen-bond donors (Lipinski definition) is 2. The molecule has 4 heteroatoms. The van der Waals surface area contributed by atoms with Gasteiger partial charge in [0.1, 0.15) is 5.82 Å². The van der Waals surface area contributed by atoms with Crippen LogP contribution in [0.15, 0.2) is 18.2 Å². The first-order chi connectivity index (χ1) is 8.08. The number of nitrogens with one attached hydrogen (secondary N) is 1. The summed E-state index contributed by atoms with van der Waals surface area (Å²) in [6, 6.07) is 4.75. The van der Waals surface area contributed by atoms with Crippen molar-refractivity contribution in [2.75, 3.05) is 13.2 Å². The van der Waals surface area contributed by atoms with Gasteiger partial charge in [0.15, 0.2) is 0 Å². The van der Waals surface area contributed by atoms with E-state index in [0.29, 0.717) is 12.1 Å². The molecule has 1 aliphatic carbocycles. The van der Waals surface area contributed by atoms with Crippen molar-refractivity contribution >= 4 is 5.91 Å². The first kappa shape index (κ1) is 12.0. The van der Waals surface area contributed by atoms with E-state index in [4.69, 9.17) is 5.11 Å². The van der Waals surface area contributed by atoms with Crippen molar-refractivity contribution in [3.05, 3.63) is 35.1 Å². The zero-order valence-electron chi connectivity index (χ0n) is 9.79. The Labute approximate surface area is 99.7 Å². The summed E-state index contributed by atoms with van der Waals surface area (Å²) in [6.07, 6.45) is 1.83. The van der Waals surface area contributed by atoms with Crippen molar-refractivity contribution < 1.29 is 14.3 Å². The molecular weight excluding hydrogens is 221 g/mol. The number of amides is 1. The van der Waals surface area contributed by atoms with Gasteiger partial charge >= 0.3 is 0 Å². The molecule has 0 bridgehead atoms. The van der Waals surface area contributed by atoms with Crippen LogP contribution in [-0.4, -0.2) is 24.2 Å². The van der Waals surface area contributed by atoms with Gasteiger partial charge < -0.3 is 10.4 Å². The number of hydrogen-bond acceptors (Lipinski definition) is 2. The summed E-state index contributed by atoms with van der Waals surface area (Å²) in [5.74, 6) is -0.884. The van der Waals surface area contributed by atoms with Crippen molar-refractivity contribution in [1.29, 1.82) is 0 Å². The molecule has 1 amide bonds. The predicted molar refractivity (Wildman–Crippen MR) is 62.2 cm³/mol. The normalized spacial score (nSPS) is 16.6. The minimum atomic E-state index is -0.473. The van der Waals surface area contributed by atoms with E-state index in [1.54, 1.807) is 19.1 Å². The Morgan fingerprint density at radius 1 is 1.53 bits per heavy atom. The monoisotopic (exact) mass is 237 g/mol. The van der Waals surface area contributed by atoms with E-state index >= 15 is 0 Å². The van der Waals surface area contributed by atoms with Crippen LogP contribution in [0, 0.1) is 18.2 Å². The molecule has 0 heterocycles. The Kier molecular flexibility index (Phi) is 3.15. The first-order valence-electron chi connectivity index (χ1n) is 5.72. The van der Waals surface area contributed by atoms with Gasteiger partial charge in [0.05, 0.1) is 12.2 Å². The maximum absolute atomic E-state index is 13.7. The van der Waals surface area contributed by atoms with Crippen LogP contribution in [0.2, 0.25) is 0 Å². The molecule has 92 valence electrons. The van der Waals surface area contributed by atoms with E-state index in [1.807, 2.05) is 0 Å². The third-order valence-electron chi connectivity index (χ3n) is 3.35. The standard InChI is InChI=1S/C13H16FNO2/c1-9-3-2-4-10(11(9)14)12(17)15-7-13(8-16)5-6-13/h2-4,16H,5-8H2,1H3,(H,15,17). The summed E-state index contributed by atoms with van der Waals surface area (Å²) < 4.78 is 13.7. The molecule has 1 saturated carbocycles. The number of aliphatic hydroxyl groups is 1. The largest absolute Gasteiger partial charge is 0.396 e. The van der Waals surface area contributed by atoms with Gasteiger partial charge in [-0.3, -0.25) is 4.79 Å². The van der Waals surface area contributed by atoms with Gasteiger partial charge in [-0.05, 0) is 31.4 Å². The number of aryl methyl sites for hydroxylation is 1. The predicted octanol–water partition coefficient (Wildman–Crippen LogP) is 1.64. The quantitative estimate of drug-likeness (QED) is 0.836. The Bertz CT molecular complexity index is 441. The van der Waals surface area contributed by atoms with Crippen molar-refractivity contribution in [3.8, 4) is 0 Å². The van der Waals surface area contributed by atoms with Gasteiger partial charge in [-0.1, -0.05) is 12.1 Å². The Balaban J connectivity index is 2.02. The van der Waals surface area contributed by atoms with E-state index in [9.17, 15) is 9.18 Å². The lowest BCUT2D eigenvalue weighted by Gasteiger charge is -2.13. The van der Waals surface area contributed by atoms with Crippen molar-refractivity contribution in [3.63, 3.8) is 0 Å². The third-order valence-corrected chi connectivity index (χ3v) is 3.35. The van der Waals surface area contributed by atoms with Gasteiger partial charge in [0, 0.05) is 12.0 Å². The first-order valence-corrected chi connectivity index (χ1v) is 5.72. The second-order valence-electron chi connectivity index (χ2n) is 4.78. The molecule has 0 spiro atoms. The highest BCUT2D eigenvalue weighted by molar-refractivity contribution is 5.94. The van der Waals surface area contributed by atoms with E-state index in [-0.39, 0.29) is 17.6 Å². The lowest BCUT2D eigenvalue weighted by atomic mass is 10.1. The molecule has 2 rings (SSSR count). The molecule has 1 aromatic carbocycles. The lowest BCUT2D eigenvalue weighted by Crippen LogP contribution is -2.32. The van der Waals surface area contributed by atoms with Gasteiger partial charge in [0.2, 0.25) is 0 Å². The molecular formula is C13H16FNO2. The van der Waals surface area contributed by atoms with E-state index in [2.05, 4.69) is 5.32 Å². The molecule has 1 fully saturated rings. The van der Waals surface area contributed by atoms with Crippen LogP contribution in [0.25, 0.3) is 0 Å². The zero-order chi connectivity index (χ0) is 12.5. The molecule has 17 heavy (non-hydrogen) atoms. The molecule has 0 aliphatic heterocycles. The average molecular weight is 237 g/mol. The summed E-state index contributed by atoms with van der Waals surface area (Å²) in [7, 11) is 0. The molecule has 1 aliphatic rings. The molecule has 2 N–H and O–H groups in total. The van der Waals surface area contributed by atoms with Gasteiger partial charge in [0.25, 0.3) is 5.91 Å². The maximum atomic E-state index is 13.7. The lowest BCUT2D eigenvalue weighted by molar-refractivity contribution is 0.0931. The molecule has 0 saturated heterocycles. The second-order valence-corrected chi connectivity index (χ2v) is 4.78. The number of aliphatic hydroxyl groups excluding tert-OH is 1. The molecule has 0 unspecified atom stereocenters. The smallest absolute Gasteiger partial charge is 0.254 e. The molecule has 0 atom stereocenters. The Morgan fingerprint density at radius 2 is 2.24 bits per heavy atom. The highest BCUT2D eigenvalue weighted by Gasteiger charge is 2.42. The molecule has 0 aromatic heterocycles. The fraction of sp³-hybridized carbons (Fsp3) is 0.462. The maximum Gasteiger partial charge on any atom is 0.254 e. The SMILES string of the molecule is Cc1cccc(C(=O)NCC2(CO)CC2)c1F. The third kappa shape index (κ3) is 2.47. The van der Waals surface area contributed by atoms with E-state index < -0.39 is 11.7 Å². The van der Waals surface area contributed by atoms with E-state index in [1.165, 1.54) is 6.07 Å². The van der Waals surface area contributed by atoms with Gasteiger partial charge in [-0.15, -0.1) is 0 Å². The van der Waals surface area contributed by atoms with Crippen LogP contribution in [0.5, 0.6) is 0 Å². The van der Waals surface area contributed by atoms with Crippen LogP contribution in [0.3, 0.4) is 0 Å². The summed E-state index contributed by atoms with van der Waals surface area (Å²) in [6.45, 7) is 2.11. The summed E-state index contributed by atoms with van der Waals surface area (Å²) in [4.78, 5) is 11.8. The van der Waals surface area contributed by atoms with Crippen molar-refractivity contribution in [2.45, 2.75) is 19.8 Å². The average Bonchev–Trinajstić information content (AvgIpc) is 3.10. The Hall–Kier alpha value is -1.42. The second kappa shape index (κ2) is 4.45. The summed E-state index contributed by atoms with van der Waals surface area (Å²) >= 11 is 0. The van der Waals surface area contributed by atoms with Crippen LogP contribution in [0.1, 0.15) is 28.8 Å². The molecule has 3 nitrogen and oxygen atoms in total. The van der Waals surface area contributed by atoms with Gasteiger partial charge in [-0.2, -0.15) is 0 Å². The minimum absolute atomic E-state index is 0.0683. The fourth-order valence-electron chi connectivity index (χ4n) is 1.75. The highest BCUT2D eigenvalue weighted by atomic mass is 19.1. The number of carbonyl (C=O) groups excluding carboxylic acids is 1. The van der Waals surface area contributed by atoms with Crippen molar-refractivity contribution in [2.24, 2.45) is 5.41 Å². The van der Waals surface area contributed by atoms with Crippen LogP contribution in [0.4, 0.5) is 4.39 Å². The van der Waals surface area contributed by atoms with Crippen LogP contribution < -0.4 is 5.32 Å². The fourth-order valence-corrected chi connectivity index (χ4v) is 1.75. The molecule has 0 radical (unpaired) electrons. The van der Waals surface area contributed by atoms with Crippen LogP contribution in [-0.2, 0) is 0 Å². The van der Waals surface area contributed by atoms with Crippen LogP contribution >= 0.6 is 0 Å². The van der Waals surface area contributed by atoms with Crippen molar-refractivity contribution in [1.82, 2.24) is 5.32 Å². The van der Waals surface area contributed by atoms with Gasteiger partial charge in [-0.25, -0.2) is 4.39 Å². The Morgan fingerprint density at radius 3 is 2.82 bits per heavy atom. The topological polar surface area (TPSA) is 49.3 Å². The number of halogens is 1.